The van der Waals surface area contributed by atoms with E-state index in [9.17, 15) is 0 Å². The summed E-state index contributed by atoms with van der Waals surface area (Å²) >= 11 is 0. The van der Waals surface area contributed by atoms with E-state index >= 15 is 0 Å². The van der Waals surface area contributed by atoms with Crippen LogP contribution >= 0.6 is 0 Å². The lowest BCUT2D eigenvalue weighted by Crippen LogP contribution is -2.48. The van der Waals surface area contributed by atoms with E-state index in [0.29, 0.717) is 33.5 Å². The number of rotatable bonds is 12. The van der Waals surface area contributed by atoms with E-state index in [2.05, 4.69) is 97.1 Å². The Kier molecular flexibility index (Phi) is 9.49. The summed E-state index contributed by atoms with van der Waals surface area (Å²) in [7, 11) is 0.973. The van der Waals surface area contributed by atoms with Gasteiger partial charge in [0.1, 0.15) is 0 Å². The van der Waals surface area contributed by atoms with Crippen LogP contribution in [0.3, 0.4) is 0 Å². The van der Waals surface area contributed by atoms with E-state index in [4.69, 9.17) is 0 Å². The highest BCUT2D eigenvalue weighted by molar-refractivity contribution is 6.36. The van der Waals surface area contributed by atoms with Gasteiger partial charge in [0, 0.05) is 21.4 Å². The zero-order valence-corrected chi connectivity index (χ0v) is 42.9. The maximum absolute atomic E-state index is 2.78. The van der Waals surface area contributed by atoms with Crippen molar-refractivity contribution in [1.82, 2.24) is 0 Å². The number of hydrogen-bond acceptors (Lipinski definition) is 0. The van der Waals surface area contributed by atoms with Gasteiger partial charge in [0.2, 0.25) is 0 Å². The molecule has 12 saturated carbocycles. The molecule has 0 aromatic heterocycles. The van der Waals surface area contributed by atoms with E-state index in [1.807, 2.05) is 0 Å². The zero-order chi connectivity index (χ0) is 45.1. The number of fused-ring (bicyclic) bond motifs is 6. The number of hydrogen-bond donors (Lipinski definition) is 0. The topological polar surface area (TPSA) is 0 Å². The molecule has 1 heteroatoms. The molecule has 4 aromatic rings. The van der Waals surface area contributed by atoms with E-state index < -0.39 is 0 Å². The lowest BCUT2D eigenvalue weighted by molar-refractivity contribution is -0.00530. The Bertz CT molecular complexity index is 2480. The van der Waals surface area contributed by atoms with Gasteiger partial charge < -0.3 is 0 Å². The first kappa shape index (κ1) is 42.1. The Morgan fingerprint density at radius 2 is 0.754 bits per heavy atom. The second kappa shape index (κ2) is 15.5. The Morgan fingerprint density at radius 1 is 0.391 bits per heavy atom. The highest BCUT2D eigenvalue weighted by Gasteiger charge is 2.53. The molecule has 14 aliphatic rings. The molecule has 0 amide bonds. The Balaban J connectivity index is 0.695. The highest BCUT2D eigenvalue weighted by atomic mass is 28.2. The average molecular weight is 923 g/mol. The standard InChI is InChI=1S/C68H78Si/c1-3-57(51-7-11-55(12-8-51)67-33-45-23-46(34-67)25-47(24-45)35-67)61-29-53(39-65-19-15-43(31-65)16-20-65)63(59(61)5-1)41-69-42-64-54(40-66-21-17-44(32-66)18-22-66)30-62-58(4-2-6-60(62)64)52-9-13-56(14-10-52)68-36-48-26-49(37-68)28-50(27-48)38-68/h1-14,29-30,43-50,63-64H,15-28,31-42H2. The predicted molar refractivity (Wildman–Crippen MR) is 288 cm³/mol. The molecule has 0 spiro atoms. The Morgan fingerprint density at radius 3 is 1.09 bits per heavy atom. The van der Waals surface area contributed by atoms with E-state index in [1.165, 1.54) is 188 Å². The molecule has 0 nitrogen and oxygen atoms in total. The summed E-state index contributed by atoms with van der Waals surface area (Å²) < 4.78 is 0. The third-order valence-corrected chi connectivity index (χ3v) is 25.3. The van der Waals surface area contributed by atoms with Gasteiger partial charge in [-0.25, -0.2) is 0 Å². The molecule has 14 aliphatic carbocycles. The largest absolute Gasteiger partial charge is 0.0618 e. The van der Waals surface area contributed by atoms with Crippen molar-refractivity contribution in [2.45, 2.75) is 189 Å². The summed E-state index contributed by atoms with van der Waals surface area (Å²) in [5.41, 5.74) is 21.4. The van der Waals surface area contributed by atoms with Crippen molar-refractivity contribution in [2.75, 3.05) is 0 Å². The first-order valence-electron chi connectivity index (χ1n) is 29.4. The van der Waals surface area contributed by atoms with Gasteiger partial charge in [0.15, 0.2) is 0 Å². The Hall–Kier alpha value is -3.42. The molecule has 2 atom stereocenters. The van der Waals surface area contributed by atoms with Gasteiger partial charge in [-0.2, -0.15) is 0 Å². The zero-order valence-electron chi connectivity index (χ0n) is 41.9. The third kappa shape index (κ3) is 6.82. The van der Waals surface area contributed by atoms with Gasteiger partial charge in [0.25, 0.3) is 0 Å². The SMILES string of the molecule is C1=C(CC23CCC(CC2)C3)C(C[Si]CC2C(CC34CCC(CC3)C4)=Cc3c(-c4ccc(C56CC7CC(CC(C7)C5)C6)cc4)cccc32)c2cccc(-c3ccc(C45CC6CC(CC(C6)C4)C5)cc3)c21. The van der Waals surface area contributed by atoms with Gasteiger partial charge in [0.05, 0.1) is 0 Å². The van der Waals surface area contributed by atoms with E-state index in [1.54, 1.807) is 44.5 Å². The van der Waals surface area contributed by atoms with Gasteiger partial charge in [-0.1, -0.05) is 120 Å². The molecule has 2 unspecified atom stereocenters. The first-order chi connectivity index (χ1) is 33.8. The van der Waals surface area contributed by atoms with Crippen LogP contribution in [-0.2, 0) is 10.8 Å². The van der Waals surface area contributed by atoms with Crippen LogP contribution in [0.4, 0.5) is 0 Å². The molecule has 0 aliphatic heterocycles. The van der Waals surface area contributed by atoms with Crippen LogP contribution in [0.5, 0.6) is 0 Å². The van der Waals surface area contributed by atoms with Gasteiger partial charge in [-0.05, 0) is 279 Å². The van der Waals surface area contributed by atoms with Crippen molar-refractivity contribution in [1.29, 1.82) is 0 Å². The molecule has 12 bridgehead atoms. The van der Waals surface area contributed by atoms with Gasteiger partial charge >= 0.3 is 0 Å². The van der Waals surface area contributed by atoms with Crippen molar-refractivity contribution < 1.29 is 0 Å². The van der Waals surface area contributed by atoms with Gasteiger partial charge in [-0.3, -0.25) is 0 Å². The molecule has 4 aromatic carbocycles. The fourth-order valence-electron chi connectivity index (χ4n) is 21.7. The molecule has 354 valence electrons. The molecular formula is C68H78Si. The van der Waals surface area contributed by atoms with Gasteiger partial charge in [-0.15, -0.1) is 0 Å². The van der Waals surface area contributed by atoms with E-state index in [-0.39, 0.29) is 0 Å². The summed E-state index contributed by atoms with van der Waals surface area (Å²) in [5.74, 6) is 9.13. The quantitative estimate of drug-likeness (QED) is 0.124. The lowest BCUT2D eigenvalue weighted by Gasteiger charge is -2.57. The number of allylic oxidation sites excluding steroid dienone is 2. The number of benzene rings is 4. The summed E-state index contributed by atoms with van der Waals surface area (Å²) in [6.45, 7) is 0. The maximum atomic E-state index is 2.78. The minimum absolute atomic E-state index is 0.469. The summed E-state index contributed by atoms with van der Waals surface area (Å²) in [6.07, 6.45) is 41.0. The molecule has 0 saturated heterocycles. The lowest BCUT2D eigenvalue weighted by atomic mass is 9.48. The van der Waals surface area contributed by atoms with E-state index in [0.717, 1.165) is 56.9 Å². The van der Waals surface area contributed by atoms with Crippen molar-refractivity contribution in [2.24, 2.45) is 58.2 Å². The minimum atomic E-state index is 0.469. The molecule has 0 N–H and O–H groups in total. The summed E-state index contributed by atoms with van der Waals surface area (Å²) in [5, 5.41) is 0. The minimum Gasteiger partial charge on any atom is -0.0618 e. The maximum Gasteiger partial charge on any atom is 0.0397 e. The summed E-state index contributed by atoms with van der Waals surface area (Å²) in [6, 6.07) is 38.2. The normalized spacial score (nSPS) is 41.0. The van der Waals surface area contributed by atoms with Crippen LogP contribution in [0, 0.1) is 58.2 Å². The van der Waals surface area contributed by atoms with Crippen LogP contribution in [-0.4, -0.2) is 9.52 Å². The fraction of sp³-hybridized carbons (Fsp3) is 0.588. The second-order valence-electron chi connectivity index (χ2n) is 28.0. The third-order valence-electron chi connectivity index (χ3n) is 23.9. The fourth-order valence-corrected chi connectivity index (χ4v) is 23.4. The Labute approximate surface area is 418 Å². The monoisotopic (exact) mass is 923 g/mol. The molecular weight excluding hydrogens is 845 g/mol. The first-order valence-corrected chi connectivity index (χ1v) is 30.8. The molecule has 69 heavy (non-hydrogen) atoms. The average Bonchev–Trinajstić information content (AvgIpc) is 4.23. The van der Waals surface area contributed by atoms with Crippen LogP contribution in [0.1, 0.15) is 199 Å². The summed E-state index contributed by atoms with van der Waals surface area (Å²) in [4.78, 5) is 0. The van der Waals surface area contributed by atoms with Crippen molar-refractivity contribution in [3.8, 4) is 22.3 Å². The van der Waals surface area contributed by atoms with Crippen molar-refractivity contribution in [3.63, 3.8) is 0 Å². The smallest absolute Gasteiger partial charge is 0.0397 e. The molecule has 12 fully saturated rings. The van der Waals surface area contributed by atoms with Crippen molar-refractivity contribution >= 4 is 21.7 Å². The molecule has 0 heterocycles. The molecule has 2 radical (unpaired) electrons. The second-order valence-corrected chi connectivity index (χ2v) is 29.3. The van der Waals surface area contributed by atoms with Crippen LogP contribution in [0.15, 0.2) is 96.1 Å². The van der Waals surface area contributed by atoms with Crippen LogP contribution in [0.25, 0.3) is 34.4 Å². The van der Waals surface area contributed by atoms with Crippen molar-refractivity contribution in [3.05, 3.63) is 129 Å². The highest BCUT2D eigenvalue weighted by Crippen LogP contribution is 2.64. The predicted octanol–water partition coefficient (Wildman–Crippen LogP) is 18.1. The van der Waals surface area contributed by atoms with Crippen LogP contribution in [0.2, 0.25) is 12.1 Å². The van der Waals surface area contributed by atoms with Crippen LogP contribution < -0.4 is 0 Å². The molecule has 18 rings (SSSR count).